The van der Waals surface area contributed by atoms with Crippen molar-refractivity contribution in [2.24, 2.45) is 5.92 Å². The van der Waals surface area contributed by atoms with E-state index >= 15 is 0 Å². The highest BCUT2D eigenvalue weighted by molar-refractivity contribution is 5.87. The third-order valence-electron chi connectivity index (χ3n) is 4.95. The van der Waals surface area contributed by atoms with Crippen LogP contribution >= 0.6 is 0 Å². The van der Waals surface area contributed by atoms with Crippen LogP contribution in [0.4, 0.5) is 11.6 Å². The maximum atomic E-state index is 11.3. The first-order valence-electron chi connectivity index (χ1n) is 9.11. The Hall–Kier alpha value is -2.89. The summed E-state index contributed by atoms with van der Waals surface area (Å²) in [5.41, 5.74) is 3.29. The van der Waals surface area contributed by atoms with E-state index in [9.17, 15) is 4.79 Å². The minimum absolute atomic E-state index is 0.163. The number of hydrogen-bond donors (Lipinski definition) is 1. The maximum absolute atomic E-state index is 11.3. The fourth-order valence-electron chi connectivity index (χ4n) is 3.67. The standard InChI is InChI=1S/C20H23N5O/c1-15(26)21-20-22-19-18(8-5-11-25(19)23-20)24-12-9-17(10-13-24)14-16-6-3-2-4-7-16/h2-8,11,17H,9-10,12-14H2,1H3,(H,21,23,26). The lowest BCUT2D eigenvalue weighted by Crippen LogP contribution is -2.34. The Kier molecular flexibility index (Phi) is 4.56. The van der Waals surface area contributed by atoms with E-state index in [0.29, 0.717) is 5.95 Å². The molecule has 0 aliphatic carbocycles. The van der Waals surface area contributed by atoms with Crippen LogP contribution in [-0.2, 0) is 11.2 Å². The second kappa shape index (κ2) is 7.15. The molecule has 1 amide bonds. The number of amides is 1. The minimum Gasteiger partial charge on any atom is -0.368 e. The monoisotopic (exact) mass is 349 g/mol. The summed E-state index contributed by atoms with van der Waals surface area (Å²) in [6.07, 6.45) is 5.35. The lowest BCUT2D eigenvalue weighted by Gasteiger charge is -2.33. The highest BCUT2D eigenvalue weighted by atomic mass is 16.1. The second-order valence-corrected chi connectivity index (χ2v) is 6.90. The van der Waals surface area contributed by atoms with Gasteiger partial charge in [0, 0.05) is 26.2 Å². The molecular weight excluding hydrogens is 326 g/mol. The molecule has 3 aromatic rings. The molecule has 1 aromatic carbocycles. The number of benzene rings is 1. The zero-order valence-electron chi connectivity index (χ0n) is 14.9. The summed E-state index contributed by atoms with van der Waals surface area (Å²) in [5, 5.41) is 6.98. The normalized spacial score (nSPS) is 15.3. The van der Waals surface area contributed by atoms with Crippen molar-refractivity contribution in [1.82, 2.24) is 14.6 Å². The highest BCUT2D eigenvalue weighted by Crippen LogP contribution is 2.28. The van der Waals surface area contributed by atoms with Crippen LogP contribution in [0.1, 0.15) is 25.3 Å². The van der Waals surface area contributed by atoms with Gasteiger partial charge >= 0.3 is 0 Å². The molecule has 0 bridgehead atoms. The van der Waals surface area contributed by atoms with Gasteiger partial charge in [-0.2, -0.15) is 4.98 Å². The number of nitrogens with one attached hydrogen (secondary N) is 1. The van der Waals surface area contributed by atoms with Crippen molar-refractivity contribution in [2.45, 2.75) is 26.2 Å². The third kappa shape index (κ3) is 3.54. The van der Waals surface area contributed by atoms with E-state index in [2.05, 4.69) is 56.7 Å². The van der Waals surface area contributed by atoms with Gasteiger partial charge in [0.15, 0.2) is 5.65 Å². The topological polar surface area (TPSA) is 62.5 Å². The van der Waals surface area contributed by atoms with Crippen LogP contribution in [0, 0.1) is 5.92 Å². The number of carbonyl (C=O) groups is 1. The zero-order chi connectivity index (χ0) is 17.9. The summed E-state index contributed by atoms with van der Waals surface area (Å²) in [4.78, 5) is 18.1. The molecule has 4 rings (SSSR count). The average molecular weight is 349 g/mol. The SMILES string of the molecule is CC(=O)Nc1nc2c(N3CCC(Cc4ccccc4)CC3)cccn2n1. The van der Waals surface area contributed by atoms with Crippen LogP contribution in [-0.4, -0.2) is 33.6 Å². The van der Waals surface area contributed by atoms with Crippen molar-refractivity contribution in [3.8, 4) is 0 Å². The Morgan fingerprint density at radius 3 is 2.65 bits per heavy atom. The lowest BCUT2D eigenvalue weighted by atomic mass is 9.90. The fourth-order valence-corrected chi connectivity index (χ4v) is 3.67. The van der Waals surface area contributed by atoms with Crippen molar-refractivity contribution in [2.75, 3.05) is 23.3 Å². The van der Waals surface area contributed by atoms with Crippen molar-refractivity contribution < 1.29 is 4.79 Å². The van der Waals surface area contributed by atoms with Crippen molar-refractivity contribution in [3.05, 3.63) is 54.2 Å². The molecule has 0 radical (unpaired) electrons. The number of carbonyl (C=O) groups excluding carboxylic acids is 1. The van der Waals surface area contributed by atoms with Crippen LogP contribution in [0.5, 0.6) is 0 Å². The van der Waals surface area contributed by atoms with E-state index in [-0.39, 0.29) is 5.91 Å². The molecule has 1 N–H and O–H groups in total. The minimum atomic E-state index is -0.163. The first-order chi connectivity index (χ1) is 12.7. The van der Waals surface area contributed by atoms with Crippen molar-refractivity contribution in [1.29, 1.82) is 0 Å². The summed E-state index contributed by atoms with van der Waals surface area (Å²) in [6.45, 7) is 3.49. The molecule has 1 aliphatic rings. The number of fused-ring (bicyclic) bond motifs is 1. The highest BCUT2D eigenvalue weighted by Gasteiger charge is 2.22. The number of hydrogen-bond acceptors (Lipinski definition) is 4. The second-order valence-electron chi connectivity index (χ2n) is 6.90. The van der Waals surface area contributed by atoms with Gasteiger partial charge in [0.25, 0.3) is 0 Å². The van der Waals surface area contributed by atoms with Crippen LogP contribution in [0.15, 0.2) is 48.7 Å². The van der Waals surface area contributed by atoms with Gasteiger partial charge in [-0.3, -0.25) is 10.1 Å². The summed E-state index contributed by atoms with van der Waals surface area (Å²) in [5.74, 6) is 0.911. The molecule has 3 heterocycles. The van der Waals surface area contributed by atoms with E-state index in [4.69, 9.17) is 0 Å². The molecule has 6 nitrogen and oxygen atoms in total. The number of anilines is 2. The largest absolute Gasteiger partial charge is 0.368 e. The molecule has 0 unspecified atom stereocenters. The number of rotatable bonds is 4. The molecule has 26 heavy (non-hydrogen) atoms. The molecule has 1 fully saturated rings. The Balaban J connectivity index is 1.47. The zero-order valence-corrected chi connectivity index (χ0v) is 14.9. The van der Waals surface area contributed by atoms with E-state index in [1.165, 1.54) is 25.3 Å². The summed E-state index contributed by atoms with van der Waals surface area (Å²) < 4.78 is 1.73. The van der Waals surface area contributed by atoms with Gasteiger partial charge in [-0.15, -0.1) is 5.10 Å². The predicted molar refractivity (Wildman–Crippen MR) is 102 cm³/mol. The maximum Gasteiger partial charge on any atom is 0.249 e. The van der Waals surface area contributed by atoms with E-state index in [0.717, 1.165) is 36.8 Å². The number of aromatic nitrogens is 3. The molecule has 1 saturated heterocycles. The quantitative estimate of drug-likeness (QED) is 0.786. The smallest absolute Gasteiger partial charge is 0.249 e. The third-order valence-corrected chi connectivity index (χ3v) is 4.95. The van der Waals surface area contributed by atoms with Gasteiger partial charge in [0.05, 0.1) is 5.69 Å². The van der Waals surface area contributed by atoms with Crippen LogP contribution in [0.2, 0.25) is 0 Å². The predicted octanol–water partition coefficient (Wildman–Crippen LogP) is 3.15. The first kappa shape index (κ1) is 16.6. The van der Waals surface area contributed by atoms with Crippen LogP contribution < -0.4 is 10.2 Å². The summed E-state index contributed by atoms with van der Waals surface area (Å²) >= 11 is 0. The number of nitrogens with zero attached hydrogens (tertiary/aromatic N) is 4. The van der Waals surface area contributed by atoms with Gasteiger partial charge in [-0.1, -0.05) is 30.3 Å². The van der Waals surface area contributed by atoms with Gasteiger partial charge in [0.1, 0.15) is 0 Å². The van der Waals surface area contributed by atoms with Crippen molar-refractivity contribution >= 4 is 23.2 Å². The Morgan fingerprint density at radius 1 is 1.15 bits per heavy atom. The Morgan fingerprint density at radius 2 is 1.92 bits per heavy atom. The van der Waals surface area contributed by atoms with Crippen LogP contribution in [0.25, 0.3) is 5.65 Å². The Bertz CT molecular complexity index is 897. The number of pyridine rings is 1. The van der Waals surface area contributed by atoms with Crippen molar-refractivity contribution in [3.63, 3.8) is 0 Å². The molecule has 0 spiro atoms. The molecule has 0 saturated carbocycles. The summed E-state index contributed by atoms with van der Waals surface area (Å²) in [6, 6.07) is 14.8. The van der Waals surface area contributed by atoms with Gasteiger partial charge < -0.3 is 4.90 Å². The molecule has 6 heteroatoms. The molecular formula is C20H23N5O. The fraction of sp³-hybridized carbons (Fsp3) is 0.350. The van der Waals surface area contributed by atoms with E-state index in [1.54, 1.807) is 4.52 Å². The number of piperidine rings is 1. The van der Waals surface area contributed by atoms with E-state index < -0.39 is 0 Å². The molecule has 0 atom stereocenters. The molecule has 1 aliphatic heterocycles. The average Bonchev–Trinajstić information content (AvgIpc) is 3.05. The van der Waals surface area contributed by atoms with Gasteiger partial charge in [-0.25, -0.2) is 4.52 Å². The Labute approximate surface area is 152 Å². The van der Waals surface area contributed by atoms with Gasteiger partial charge in [-0.05, 0) is 42.9 Å². The van der Waals surface area contributed by atoms with Gasteiger partial charge in [0.2, 0.25) is 11.9 Å². The first-order valence-corrected chi connectivity index (χ1v) is 9.11. The molecule has 2 aromatic heterocycles. The summed E-state index contributed by atoms with van der Waals surface area (Å²) in [7, 11) is 0. The van der Waals surface area contributed by atoms with Crippen LogP contribution in [0.3, 0.4) is 0 Å². The molecule has 134 valence electrons. The lowest BCUT2D eigenvalue weighted by molar-refractivity contribution is -0.114. The van der Waals surface area contributed by atoms with E-state index in [1.807, 2.05) is 12.3 Å².